The average molecular weight is 361 g/mol. The van der Waals surface area contributed by atoms with Crippen LogP contribution in [0.3, 0.4) is 0 Å². The molecule has 0 amide bonds. The van der Waals surface area contributed by atoms with E-state index in [2.05, 4.69) is 9.97 Å². The van der Waals surface area contributed by atoms with Gasteiger partial charge >= 0.3 is 6.18 Å². The highest BCUT2D eigenvalue weighted by Gasteiger charge is 2.60. The molecule has 2 rings (SSSR count). The van der Waals surface area contributed by atoms with Crippen LogP contribution in [-0.4, -0.2) is 28.4 Å². The number of alkyl halides is 3. The predicted octanol–water partition coefficient (Wildman–Crippen LogP) is 4.00. The van der Waals surface area contributed by atoms with Crippen molar-refractivity contribution in [2.24, 2.45) is 0 Å². The molecule has 130 valence electrons. The van der Waals surface area contributed by atoms with E-state index in [-0.39, 0.29) is 16.3 Å². The van der Waals surface area contributed by atoms with Gasteiger partial charge in [-0.05, 0) is 24.6 Å². The number of methoxy groups -OCH3 is 1. The molecular weight excluding hydrogens is 345 g/mol. The minimum absolute atomic E-state index is 0.00573. The van der Waals surface area contributed by atoms with Crippen molar-refractivity contribution >= 4 is 11.6 Å². The fraction of sp³-hybridized carbons (Fsp3) is 0.375. The van der Waals surface area contributed by atoms with Crippen molar-refractivity contribution in [3.8, 4) is 5.75 Å². The molecule has 8 heteroatoms. The molecule has 2 atom stereocenters. The summed E-state index contributed by atoms with van der Waals surface area (Å²) in [7, 11) is 1.42. The summed E-state index contributed by atoms with van der Waals surface area (Å²) in [5, 5.41) is 10.7. The summed E-state index contributed by atoms with van der Waals surface area (Å²) in [6, 6.07) is 4.28. The molecule has 0 saturated carbocycles. The van der Waals surface area contributed by atoms with Crippen LogP contribution in [0.2, 0.25) is 5.02 Å². The second-order valence-corrected chi connectivity index (χ2v) is 5.77. The number of aliphatic hydroxyl groups is 1. The molecule has 0 aliphatic rings. The largest absolute Gasteiger partial charge is 0.497 e. The number of nitrogens with zero attached hydrogens (tertiary/aromatic N) is 2. The molecule has 2 unspecified atom stereocenters. The van der Waals surface area contributed by atoms with Crippen molar-refractivity contribution in [1.82, 2.24) is 9.97 Å². The van der Waals surface area contributed by atoms with Crippen LogP contribution < -0.4 is 4.74 Å². The highest BCUT2D eigenvalue weighted by molar-refractivity contribution is 6.31. The van der Waals surface area contributed by atoms with Crippen molar-refractivity contribution in [3.63, 3.8) is 0 Å². The Bertz CT molecular complexity index is 740. The summed E-state index contributed by atoms with van der Waals surface area (Å²) >= 11 is 6.09. The molecule has 0 aliphatic carbocycles. The van der Waals surface area contributed by atoms with Crippen molar-refractivity contribution in [2.75, 3.05) is 7.11 Å². The van der Waals surface area contributed by atoms with Crippen LogP contribution in [0.15, 0.2) is 30.6 Å². The van der Waals surface area contributed by atoms with Gasteiger partial charge in [0.25, 0.3) is 0 Å². The zero-order valence-corrected chi connectivity index (χ0v) is 14.0. The quantitative estimate of drug-likeness (QED) is 0.895. The van der Waals surface area contributed by atoms with E-state index in [1.54, 1.807) is 0 Å². The Hall–Kier alpha value is -1.86. The first-order valence-corrected chi connectivity index (χ1v) is 7.41. The lowest BCUT2D eigenvalue weighted by Crippen LogP contribution is -2.48. The minimum atomic E-state index is -4.98. The average Bonchev–Trinajstić information content (AvgIpc) is 2.52. The lowest BCUT2D eigenvalue weighted by atomic mass is 9.79. The van der Waals surface area contributed by atoms with Gasteiger partial charge in [0.1, 0.15) is 11.4 Å². The second kappa shape index (κ2) is 6.57. The molecule has 0 aliphatic heterocycles. The first-order valence-electron chi connectivity index (χ1n) is 7.03. The lowest BCUT2D eigenvalue weighted by molar-refractivity contribution is -0.276. The molecule has 24 heavy (non-hydrogen) atoms. The minimum Gasteiger partial charge on any atom is -0.497 e. The summed E-state index contributed by atoms with van der Waals surface area (Å²) < 4.78 is 46.4. The number of ether oxygens (including phenoxy) is 1. The van der Waals surface area contributed by atoms with Gasteiger partial charge in [-0.25, -0.2) is 0 Å². The topological polar surface area (TPSA) is 55.2 Å². The maximum atomic E-state index is 13.8. The fourth-order valence-corrected chi connectivity index (χ4v) is 2.91. The molecule has 0 radical (unpaired) electrons. The number of halogens is 4. The maximum absolute atomic E-state index is 13.8. The molecule has 0 spiro atoms. The highest BCUT2D eigenvalue weighted by atomic mass is 35.5. The first-order chi connectivity index (χ1) is 11.1. The number of aryl methyl sites for hydroxylation is 1. The summed E-state index contributed by atoms with van der Waals surface area (Å²) in [6.07, 6.45) is -2.60. The van der Waals surface area contributed by atoms with E-state index in [1.165, 1.54) is 45.4 Å². The third-order valence-corrected chi connectivity index (χ3v) is 4.30. The Morgan fingerprint density at radius 1 is 1.21 bits per heavy atom. The molecular formula is C16H16ClF3N2O2. The van der Waals surface area contributed by atoms with Crippen LogP contribution in [0.1, 0.15) is 29.8 Å². The number of hydrogen-bond donors (Lipinski definition) is 1. The van der Waals surface area contributed by atoms with E-state index in [0.29, 0.717) is 5.75 Å². The van der Waals surface area contributed by atoms with Crippen LogP contribution in [0.5, 0.6) is 5.75 Å². The van der Waals surface area contributed by atoms with Crippen LogP contribution in [0.4, 0.5) is 13.2 Å². The van der Waals surface area contributed by atoms with Gasteiger partial charge in [-0.2, -0.15) is 13.2 Å². The van der Waals surface area contributed by atoms with E-state index in [1.807, 2.05) is 0 Å². The van der Waals surface area contributed by atoms with Gasteiger partial charge in [0.15, 0.2) is 0 Å². The predicted molar refractivity (Wildman–Crippen MR) is 83.1 cm³/mol. The van der Waals surface area contributed by atoms with Crippen LogP contribution in [0, 0.1) is 6.92 Å². The second-order valence-electron chi connectivity index (χ2n) is 5.36. The summed E-state index contributed by atoms with van der Waals surface area (Å²) in [5.41, 5.74) is -3.66. The maximum Gasteiger partial charge on any atom is 0.423 e. The number of rotatable bonds is 4. The molecule has 1 N–H and O–H groups in total. The molecule has 1 heterocycles. The van der Waals surface area contributed by atoms with Crippen LogP contribution in [0.25, 0.3) is 0 Å². The third-order valence-electron chi connectivity index (χ3n) is 3.98. The van der Waals surface area contributed by atoms with Gasteiger partial charge in [-0.15, -0.1) is 0 Å². The van der Waals surface area contributed by atoms with Gasteiger partial charge in [0, 0.05) is 23.3 Å². The van der Waals surface area contributed by atoms with E-state index >= 15 is 0 Å². The Morgan fingerprint density at radius 3 is 2.33 bits per heavy atom. The molecule has 2 aromatic rings. The summed E-state index contributed by atoms with van der Waals surface area (Å²) in [5.74, 6) is -1.01. The zero-order chi connectivity index (χ0) is 18.1. The summed E-state index contributed by atoms with van der Waals surface area (Å²) in [6.45, 7) is 2.61. The van der Waals surface area contributed by atoms with E-state index < -0.39 is 23.4 Å². The van der Waals surface area contributed by atoms with E-state index in [9.17, 15) is 18.3 Å². The Kier molecular flexibility index (Phi) is 5.05. The Balaban J connectivity index is 2.63. The van der Waals surface area contributed by atoms with Crippen molar-refractivity contribution in [3.05, 3.63) is 52.6 Å². The van der Waals surface area contributed by atoms with Crippen molar-refractivity contribution < 1.29 is 23.0 Å². The monoisotopic (exact) mass is 360 g/mol. The van der Waals surface area contributed by atoms with Crippen LogP contribution in [-0.2, 0) is 5.60 Å². The van der Waals surface area contributed by atoms with Gasteiger partial charge < -0.3 is 9.84 Å². The molecule has 1 aromatic carbocycles. The number of aromatic nitrogens is 2. The van der Waals surface area contributed by atoms with E-state index in [0.717, 1.165) is 6.20 Å². The van der Waals surface area contributed by atoms with Gasteiger partial charge in [-0.1, -0.05) is 24.6 Å². The van der Waals surface area contributed by atoms with Gasteiger partial charge in [-0.3, -0.25) is 9.97 Å². The highest BCUT2D eigenvalue weighted by Crippen LogP contribution is 2.49. The van der Waals surface area contributed by atoms with Gasteiger partial charge in [0.05, 0.1) is 12.8 Å². The van der Waals surface area contributed by atoms with Crippen molar-refractivity contribution in [2.45, 2.75) is 31.5 Å². The fourth-order valence-electron chi connectivity index (χ4n) is 2.58. The molecule has 0 saturated heterocycles. The number of hydrogen-bond acceptors (Lipinski definition) is 4. The number of benzene rings is 1. The standard InChI is InChI=1S/C16H16ClF3N2O2/c1-9(12-5-4-11(24-3)8-13(12)17)15(23,16(18,19)20)14-10(2)21-6-7-22-14/h4-9,23H,1-3H3. The molecule has 4 nitrogen and oxygen atoms in total. The smallest absolute Gasteiger partial charge is 0.423 e. The third kappa shape index (κ3) is 3.06. The first kappa shape index (κ1) is 18.5. The van der Waals surface area contributed by atoms with Crippen molar-refractivity contribution in [1.29, 1.82) is 0 Å². The Morgan fingerprint density at radius 2 is 1.83 bits per heavy atom. The van der Waals surface area contributed by atoms with Gasteiger partial charge in [0.2, 0.25) is 5.60 Å². The molecule has 1 aromatic heterocycles. The zero-order valence-electron chi connectivity index (χ0n) is 13.2. The van der Waals surface area contributed by atoms with E-state index in [4.69, 9.17) is 16.3 Å². The summed E-state index contributed by atoms with van der Waals surface area (Å²) in [4.78, 5) is 7.54. The van der Waals surface area contributed by atoms with Crippen LogP contribution >= 0.6 is 11.6 Å². The normalized spacial score (nSPS) is 15.7. The molecule has 0 bridgehead atoms. The lowest BCUT2D eigenvalue weighted by Gasteiger charge is -2.36. The SMILES string of the molecule is COc1ccc(C(C)C(O)(c2nccnc2C)C(F)(F)F)c(Cl)c1. The molecule has 0 fully saturated rings. The Labute approximate surface area is 142 Å².